The van der Waals surface area contributed by atoms with Gasteiger partial charge in [0, 0.05) is 30.0 Å². The molecule has 0 atom stereocenters. The first-order valence-corrected chi connectivity index (χ1v) is 6.22. The molecule has 0 saturated heterocycles. The third-order valence-corrected chi connectivity index (χ3v) is 2.74. The van der Waals surface area contributed by atoms with E-state index in [2.05, 4.69) is 10.3 Å². The number of hydrogen-bond donors (Lipinski definition) is 1. The van der Waals surface area contributed by atoms with E-state index in [1.54, 1.807) is 30.6 Å². The van der Waals surface area contributed by atoms with Gasteiger partial charge in [-0.05, 0) is 35.4 Å². The second-order valence-electron chi connectivity index (χ2n) is 3.96. The molecule has 0 aliphatic carbocycles. The first kappa shape index (κ1) is 13.3. The minimum Gasteiger partial charge on any atom is -0.348 e. The van der Waals surface area contributed by atoms with Crippen LogP contribution in [0.15, 0.2) is 54.9 Å². The van der Waals surface area contributed by atoms with E-state index < -0.39 is 0 Å². The zero-order valence-corrected chi connectivity index (χ0v) is 11.0. The van der Waals surface area contributed by atoms with Crippen molar-refractivity contribution in [2.75, 3.05) is 0 Å². The summed E-state index contributed by atoms with van der Waals surface area (Å²) in [6.07, 6.45) is 6.61. The fourth-order valence-electron chi connectivity index (χ4n) is 1.50. The van der Waals surface area contributed by atoms with Crippen molar-refractivity contribution in [3.63, 3.8) is 0 Å². The van der Waals surface area contributed by atoms with Crippen molar-refractivity contribution >= 4 is 23.6 Å². The zero-order valence-electron chi connectivity index (χ0n) is 10.2. The normalized spacial score (nSPS) is 10.6. The van der Waals surface area contributed by atoms with Gasteiger partial charge in [0.25, 0.3) is 0 Å². The Morgan fingerprint density at radius 3 is 2.74 bits per heavy atom. The SMILES string of the molecule is O=C(/C=C/c1cccnc1)NCc1ccc(Cl)cc1. The predicted molar refractivity (Wildman–Crippen MR) is 76.6 cm³/mol. The largest absolute Gasteiger partial charge is 0.348 e. The molecule has 0 bridgehead atoms. The molecule has 3 nitrogen and oxygen atoms in total. The third-order valence-electron chi connectivity index (χ3n) is 2.49. The first-order valence-electron chi connectivity index (χ1n) is 5.84. The number of nitrogens with one attached hydrogen (secondary N) is 1. The molecule has 0 radical (unpaired) electrons. The molecule has 4 heteroatoms. The Morgan fingerprint density at radius 1 is 1.26 bits per heavy atom. The van der Waals surface area contributed by atoms with Crippen molar-refractivity contribution < 1.29 is 4.79 Å². The summed E-state index contributed by atoms with van der Waals surface area (Å²) in [6.45, 7) is 0.480. The fraction of sp³-hybridized carbons (Fsp3) is 0.0667. The van der Waals surface area contributed by atoms with Crippen LogP contribution in [0, 0.1) is 0 Å². The molecule has 2 aromatic rings. The van der Waals surface area contributed by atoms with Crippen LogP contribution in [0.5, 0.6) is 0 Å². The molecule has 1 heterocycles. The quantitative estimate of drug-likeness (QED) is 0.869. The summed E-state index contributed by atoms with van der Waals surface area (Å²) in [6, 6.07) is 11.1. The van der Waals surface area contributed by atoms with Crippen molar-refractivity contribution in [3.8, 4) is 0 Å². The number of amides is 1. The number of aromatic nitrogens is 1. The lowest BCUT2D eigenvalue weighted by Crippen LogP contribution is -2.20. The summed E-state index contributed by atoms with van der Waals surface area (Å²) >= 11 is 5.79. The zero-order chi connectivity index (χ0) is 13.5. The molecule has 0 aliphatic heterocycles. The van der Waals surface area contributed by atoms with Gasteiger partial charge >= 0.3 is 0 Å². The monoisotopic (exact) mass is 272 g/mol. The number of hydrogen-bond acceptors (Lipinski definition) is 2. The summed E-state index contributed by atoms with van der Waals surface area (Å²) in [5.41, 5.74) is 1.90. The Labute approximate surface area is 116 Å². The van der Waals surface area contributed by atoms with Crippen LogP contribution in [0.1, 0.15) is 11.1 Å². The molecule has 0 spiro atoms. The van der Waals surface area contributed by atoms with Crippen LogP contribution in [0.3, 0.4) is 0 Å². The van der Waals surface area contributed by atoms with Crippen LogP contribution in [0.25, 0.3) is 6.08 Å². The Balaban J connectivity index is 1.85. The van der Waals surface area contributed by atoms with Gasteiger partial charge in [0.05, 0.1) is 0 Å². The number of carbonyl (C=O) groups is 1. The molecule has 2 rings (SSSR count). The number of nitrogens with zero attached hydrogens (tertiary/aromatic N) is 1. The van der Waals surface area contributed by atoms with E-state index in [9.17, 15) is 4.79 Å². The van der Waals surface area contributed by atoms with Gasteiger partial charge < -0.3 is 5.32 Å². The number of halogens is 1. The Kier molecular flexibility index (Phi) is 4.70. The van der Waals surface area contributed by atoms with Crippen molar-refractivity contribution in [1.82, 2.24) is 10.3 Å². The summed E-state index contributed by atoms with van der Waals surface area (Å²) in [5.74, 6) is -0.140. The van der Waals surface area contributed by atoms with E-state index in [0.29, 0.717) is 11.6 Å². The van der Waals surface area contributed by atoms with E-state index >= 15 is 0 Å². The fourth-order valence-corrected chi connectivity index (χ4v) is 1.62. The van der Waals surface area contributed by atoms with Gasteiger partial charge in [0.1, 0.15) is 0 Å². The average molecular weight is 273 g/mol. The van der Waals surface area contributed by atoms with Gasteiger partial charge in [0.2, 0.25) is 5.91 Å². The first-order chi connectivity index (χ1) is 9.24. The molecular weight excluding hydrogens is 260 g/mol. The van der Waals surface area contributed by atoms with Crippen LogP contribution < -0.4 is 5.32 Å². The van der Waals surface area contributed by atoms with E-state index in [0.717, 1.165) is 11.1 Å². The van der Waals surface area contributed by atoms with Crippen LogP contribution in [0.2, 0.25) is 5.02 Å². The highest BCUT2D eigenvalue weighted by Gasteiger charge is 1.97. The number of carbonyl (C=O) groups excluding carboxylic acids is 1. The van der Waals surface area contributed by atoms with Gasteiger partial charge in [-0.1, -0.05) is 29.8 Å². The van der Waals surface area contributed by atoms with Crippen molar-refractivity contribution in [2.24, 2.45) is 0 Å². The van der Waals surface area contributed by atoms with Crippen molar-refractivity contribution in [2.45, 2.75) is 6.54 Å². The van der Waals surface area contributed by atoms with Gasteiger partial charge in [-0.25, -0.2) is 0 Å². The number of rotatable bonds is 4. The van der Waals surface area contributed by atoms with Gasteiger partial charge in [0.15, 0.2) is 0 Å². The van der Waals surface area contributed by atoms with E-state index in [-0.39, 0.29) is 5.91 Å². The smallest absolute Gasteiger partial charge is 0.244 e. The lowest BCUT2D eigenvalue weighted by Gasteiger charge is -2.02. The highest BCUT2D eigenvalue weighted by molar-refractivity contribution is 6.30. The summed E-state index contributed by atoms with van der Waals surface area (Å²) in [7, 11) is 0. The average Bonchev–Trinajstić information content (AvgIpc) is 2.45. The maximum absolute atomic E-state index is 11.6. The molecule has 19 heavy (non-hydrogen) atoms. The Bertz CT molecular complexity index is 564. The van der Waals surface area contributed by atoms with Crippen LogP contribution in [-0.2, 0) is 11.3 Å². The highest BCUT2D eigenvalue weighted by atomic mass is 35.5. The standard InChI is InChI=1S/C15H13ClN2O/c16-14-6-3-13(4-7-14)11-18-15(19)8-5-12-2-1-9-17-10-12/h1-10H,11H2,(H,18,19)/b8-5+. The minimum atomic E-state index is -0.140. The molecule has 96 valence electrons. The van der Waals surface area contributed by atoms with Crippen molar-refractivity contribution in [3.05, 3.63) is 71.0 Å². The van der Waals surface area contributed by atoms with E-state index in [1.807, 2.05) is 24.3 Å². The van der Waals surface area contributed by atoms with E-state index in [1.165, 1.54) is 6.08 Å². The summed E-state index contributed by atoms with van der Waals surface area (Å²) in [5, 5.41) is 3.49. The predicted octanol–water partition coefficient (Wildman–Crippen LogP) is 3.06. The van der Waals surface area contributed by atoms with Crippen LogP contribution in [0.4, 0.5) is 0 Å². The maximum Gasteiger partial charge on any atom is 0.244 e. The molecule has 0 aliphatic rings. The molecule has 0 fully saturated rings. The van der Waals surface area contributed by atoms with Gasteiger partial charge in [-0.3, -0.25) is 9.78 Å². The molecule has 1 aromatic carbocycles. The lowest BCUT2D eigenvalue weighted by molar-refractivity contribution is -0.116. The van der Waals surface area contributed by atoms with Gasteiger partial charge in [-0.15, -0.1) is 0 Å². The maximum atomic E-state index is 11.6. The third kappa shape index (κ3) is 4.56. The van der Waals surface area contributed by atoms with Crippen molar-refractivity contribution in [1.29, 1.82) is 0 Å². The Hall–Kier alpha value is -2.13. The molecule has 1 aromatic heterocycles. The topological polar surface area (TPSA) is 42.0 Å². The minimum absolute atomic E-state index is 0.140. The van der Waals surface area contributed by atoms with Crippen LogP contribution in [-0.4, -0.2) is 10.9 Å². The molecule has 1 N–H and O–H groups in total. The second kappa shape index (κ2) is 6.71. The van der Waals surface area contributed by atoms with Gasteiger partial charge in [-0.2, -0.15) is 0 Å². The molecule has 0 unspecified atom stereocenters. The second-order valence-corrected chi connectivity index (χ2v) is 4.40. The van der Waals surface area contributed by atoms with Crippen LogP contribution >= 0.6 is 11.6 Å². The summed E-state index contributed by atoms with van der Waals surface area (Å²) < 4.78 is 0. The number of benzene rings is 1. The number of pyridine rings is 1. The highest BCUT2D eigenvalue weighted by Crippen LogP contribution is 2.09. The molecular formula is C15H13ClN2O. The lowest BCUT2D eigenvalue weighted by atomic mass is 10.2. The summed E-state index contributed by atoms with van der Waals surface area (Å²) in [4.78, 5) is 15.6. The molecule has 1 amide bonds. The molecule has 0 saturated carbocycles. The van der Waals surface area contributed by atoms with E-state index in [4.69, 9.17) is 11.6 Å². The Morgan fingerprint density at radius 2 is 2.05 bits per heavy atom.